The van der Waals surface area contributed by atoms with Gasteiger partial charge in [-0.1, -0.05) is 18.2 Å². The van der Waals surface area contributed by atoms with Crippen LogP contribution < -0.4 is 5.32 Å². The molecule has 2 heterocycles. The van der Waals surface area contributed by atoms with Crippen molar-refractivity contribution in [3.05, 3.63) is 63.8 Å². The molecule has 0 atom stereocenters. The second-order valence-corrected chi connectivity index (χ2v) is 5.85. The maximum Gasteiger partial charge on any atom is 0.270 e. The Kier molecular flexibility index (Phi) is 4.46. The number of halogens is 1. The third kappa shape index (κ3) is 2.96. The van der Waals surface area contributed by atoms with E-state index in [0.717, 1.165) is 52.2 Å². The summed E-state index contributed by atoms with van der Waals surface area (Å²) >= 11 is 0. The highest BCUT2D eigenvalue weighted by Gasteiger charge is 2.17. The first kappa shape index (κ1) is 17.0. The molecular formula is C18H17ClN4O2. The number of aliphatic imine (C=N–C) groups is 1. The molecule has 2 N–H and O–H groups in total. The highest BCUT2D eigenvalue weighted by Crippen LogP contribution is 2.30. The van der Waals surface area contributed by atoms with Crippen molar-refractivity contribution in [1.29, 1.82) is 0 Å². The van der Waals surface area contributed by atoms with E-state index in [2.05, 4.69) is 21.4 Å². The number of aromatic nitrogens is 1. The molecule has 25 heavy (non-hydrogen) atoms. The van der Waals surface area contributed by atoms with Crippen LogP contribution in [0.2, 0.25) is 0 Å². The molecule has 0 unspecified atom stereocenters. The van der Waals surface area contributed by atoms with Gasteiger partial charge in [-0.15, -0.1) is 12.4 Å². The van der Waals surface area contributed by atoms with E-state index >= 15 is 0 Å². The van der Waals surface area contributed by atoms with Crippen LogP contribution in [0.1, 0.15) is 11.3 Å². The predicted octanol–water partition coefficient (Wildman–Crippen LogP) is 3.82. The van der Waals surface area contributed by atoms with Crippen LogP contribution in [-0.2, 0) is 0 Å². The van der Waals surface area contributed by atoms with E-state index in [1.165, 1.54) is 6.07 Å². The van der Waals surface area contributed by atoms with Crippen LogP contribution in [0.4, 0.5) is 5.69 Å². The number of fused-ring (bicyclic) bond motifs is 1. The van der Waals surface area contributed by atoms with Crippen LogP contribution in [0.25, 0.3) is 22.0 Å². The second kappa shape index (κ2) is 6.57. The fraction of sp³-hybridized carbons (Fsp3) is 0.167. The van der Waals surface area contributed by atoms with Crippen molar-refractivity contribution in [2.45, 2.75) is 6.92 Å². The van der Waals surface area contributed by atoms with Gasteiger partial charge in [-0.3, -0.25) is 15.1 Å². The van der Waals surface area contributed by atoms with Crippen LogP contribution in [0.3, 0.4) is 0 Å². The lowest BCUT2D eigenvalue weighted by atomic mass is 10.0. The molecule has 7 heteroatoms. The van der Waals surface area contributed by atoms with E-state index in [-0.39, 0.29) is 23.0 Å². The SMILES string of the molecule is Cc1[nH]c2ccc(-c3cccc([N+](=O)[O-])c3)cc2c1C1=NCCN1.Cl. The first-order valence-electron chi connectivity index (χ1n) is 7.79. The molecule has 0 amide bonds. The Bertz CT molecular complexity index is 994. The molecule has 0 fully saturated rings. The van der Waals surface area contributed by atoms with Gasteiger partial charge < -0.3 is 10.3 Å². The van der Waals surface area contributed by atoms with E-state index in [0.29, 0.717) is 0 Å². The maximum absolute atomic E-state index is 11.0. The number of H-pyrrole nitrogens is 1. The number of nitro groups is 1. The lowest BCUT2D eigenvalue weighted by molar-refractivity contribution is -0.384. The third-order valence-corrected chi connectivity index (χ3v) is 4.29. The number of hydrogen-bond donors (Lipinski definition) is 2. The minimum Gasteiger partial charge on any atom is -0.368 e. The number of nitrogens with zero attached hydrogens (tertiary/aromatic N) is 2. The van der Waals surface area contributed by atoms with Crippen LogP contribution in [0.15, 0.2) is 47.5 Å². The Morgan fingerprint density at radius 3 is 2.68 bits per heavy atom. The number of aryl methyl sites for hydroxylation is 1. The van der Waals surface area contributed by atoms with Crippen molar-refractivity contribution in [3.8, 4) is 11.1 Å². The normalized spacial score (nSPS) is 13.2. The molecule has 1 aliphatic heterocycles. The summed E-state index contributed by atoms with van der Waals surface area (Å²) in [4.78, 5) is 18.5. The Balaban J connectivity index is 0.00000182. The van der Waals surface area contributed by atoms with Gasteiger partial charge in [0, 0.05) is 40.8 Å². The third-order valence-electron chi connectivity index (χ3n) is 4.29. The number of hydrogen-bond acceptors (Lipinski definition) is 4. The maximum atomic E-state index is 11.0. The van der Waals surface area contributed by atoms with Crippen molar-refractivity contribution in [2.75, 3.05) is 13.1 Å². The van der Waals surface area contributed by atoms with Crippen molar-refractivity contribution < 1.29 is 4.92 Å². The van der Waals surface area contributed by atoms with Gasteiger partial charge in [0.05, 0.1) is 11.5 Å². The quantitative estimate of drug-likeness (QED) is 0.552. The molecule has 0 saturated carbocycles. The summed E-state index contributed by atoms with van der Waals surface area (Å²) in [5.74, 6) is 0.912. The Labute approximate surface area is 150 Å². The molecule has 3 aromatic rings. The minimum atomic E-state index is -0.370. The summed E-state index contributed by atoms with van der Waals surface area (Å²) < 4.78 is 0. The molecular weight excluding hydrogens is 340 g/mol. The molecule has 4 rings (SSSR count). The predicted molar refractivity (Wildman–Crippen MR) is 102 cm³/mol. The van der Waals surface area contributed by atoms with Gasteiger partial charge in [-0.25, -0.2) is 0 Å². The zero-order valence-electron chi connectivity index (χ0n) is 13.6. The Hall–Kier alpha value is -2.86. The molecule has 6 nitrogen and oxygen atoms in total. The van der Waals surface area contributed by atoms with E-state index in [4.69, 9.17) is 0 Å². The zero-order chi connectivity index (χ0) is 16.7. The average Bonchev–Trinajstić information content (AvgIpc) is 3.20. The smallest absolute Gasteiger partial charge is 0.270 e. The lowest BCUT2D eigenvalue weighted by Crippen LogP contribution is -2.19. The highest BCUT2D eigenvalue weighted by atomic mass is 35.5. The molecule has 0 bridgehead atoms. The molecule has 128 valence electrons. The zero-order valence-corrected chi connectivity index (χ0v) is 14.4. The molecule has 0 aliphatic carbocycles. The first-order valence-corrected chi connectivity index (χ1v) is 7.79. The van der Waals surface area contributed by atoms with E-state index in [9.17, 15) is 10.1 Å². The lowest BCUT2D eigenvalue weighted by Gasteiger charge is -2.05. The number of rotatable bonds is 3. The second-order valence-electron chi connectivity index (χ2n) is 5.85. The van der Waals surface area contributed by atoms with Gasteiger partial charge in [0.2, 0.25) is 0 Å². The number of amidine groups is 1. The topological polar surface area (TPSA) is 83.3 Å². The van der Waals surface area contributed by atoms with Gasteiger partial charge >= 0.3 is 0 Å². The number of benzene rings is 2. The van der Waals surface area contributed by atoms with Gasteiger partial charge in [0.1, 0.15) is 5.84 Å². The molecule has 0 saturated heterocycles. The summed E-state index contributed by atoms with van der Waals surface area (Å²) in [6, 6.07) is 12.8. The van der Waals surface area contributed by atoms with E-state index in [1.54, 1.807) is 12.1 Å². The van der Waals surface area contributed by atoms with Crippen molar-refractivity contribution >= 4 is 34.8 Å². The van der Waals surface area contributed by atoms with Crippen LogP contribution >= 0.6 is 12.4 Å². The molecule has 0 spiro atoms. The number of nitrogens with one attached hydrogen (secondary N) is 2. The van der Waals surface area contributed by atoms with Crippen molar-refractivity contribution in [3.63, 3.8) is 0 Å². The van der Waals surface area contributed by atoms with Gasteiger partial charge in [0.25, 0.3) is 5.69 Å². The van der Waals surface area contributed by atoms with Gasteiger partial charge in [0.15, 0.2) is 0 Å². The van der Waals surface area contributed by atoms with Crippen molar-refractivity contribution in [2.24, 2.45) is 4.99 Å². The fourth-order valence-electron chi connectivity index (χ4n) is 3.18. The summed E-state index contributed by atoms with van der Waals surface area (Å²) in [7, 11) is 0. The van der Waals surface area contributed by atoms with E-state index < -0.39 is 0 Å². The first-order chi connectivity index (χ1) is 11.6. The van der Waals surface area contributed by atoms with Crippen molar-refractivity contribution in [1.82, 2.24) is 10.3 Å². The summed E-state index contributed by atoms with van der Waals surface area (Å²) in [6.45, 7) is 3.67. The van der Waals surface area contributed by atoms with Crippen LogP contribution in [0, 0.1) is 17.0 Å². The molecule has 1 aromatic heterocycles. The Morgan fingerprint density at radius 1 is 1.16 bits per heavy atom. The highest BCUT2D eigenvalue weighted by molar-refractivity contribution is 6.12. The molecule has 1 aliphatic rings. The standard InChI is InChI=1S/C18H16N4O2.ClH/c1-11-17(18-19-7-8-20-18)15-10-13(5-6-16(15)21-11)12-3-2-4-14(9-12)22(23)24;/h2-6,9-10,21H,7-8H2,1H3,(H,19,20);1H. The molecule has 2 aromatic carbocycles. The molecule has 0 radical (unpaired) electrons. The summed E-state index contributed by atoms with van der Waals surface area (Å²) in [6.07, 6.45) is 0. The largest absolute Gasteiger partial charge is 0.368 e. The number of aromatic amines is 1. The van der Waals surface area contributed by atoms with Crippen LogP contribution in [0.5, 0.6) is 0 Å². The van der Waals surface area contributed by atoms with Crippen LogP contribution in [-0.4, -0.2) is 28.8 Å². The van der Waals surface area contributed by atoms with Gasteiger partial charge in [-0.2, -0.15) is 0 Å². The fourth-order valence-corrected chi connectivity index (χ4v) is 3.18. The van der Waals surface area contributed by atoms with Gasteiger partial charge in [-0.05, 0) is 30.2 Å². The minimum absolute atomic E-state index is 0. The number of nitro benzene ring substituents is 1. The van der Waals surface area contributed by atoms with E-state index in [1.807, 2.05) is 25.1 Å². The summed E-state index contributed by atoms with van der Waals surface area (Å²) in [5, 5.41) is 15.4. The monoisotopic (exact) mass is 356 g/mol. The number of non-ortho nitro benzene ring substituents is 1. The average molecular weight is 357 g/mol. The Morgan fingerprint density at radius 2 is 1.96 bits per heavy atom. The summed E-state index contributed by atoms with van der Waals surface area (Å²) in [5.41, 5.74) is 5.05.